The van der Waals surface area contributed by atoms with Crippen LogP contribution >= 0.6 is 15.9 Å². The zero-order valence-corrected chi connectivity index (χ0v) is 15.0. The number of hydrogen-bond donors (Lipinski definition) is 1. The predicted octanol–water partition coefficient (Wildman–Crippen LogP) is 3.09. The van der Waals surface area contributed by atoms with Gasteiger partial charge in [-0.05, 0) is 54.6 Å². The number of piperidine rings is 1. The molecule has 2 unspecified atom stereocenters. The number of pyridine rings is 1. The Morgan fingerprint density at radius 1 is 1.43 bits per heavy atom. The fourth-order valence-electron chi connectivity index (χ4n) is 2.63. The highest BCUT2D eigenvalue weighted by Gasteiger charge is 2.35. The highest BCUT2D eigenvalue weighted by Crippen LogP contribution is 2.31. The normalized spacial score (nSPS) is 24.0. The van der Waals surface area contributed by atoms with Crippen molar-refractivity contribution in [1.82, 2.24) is 9.29 Å². The summed E-state index contributed by atoms with van der Waals surface area (Å²) in [5.41, 5.74) is 0. The van der Waals surface area contributed by atoms with Gasteiger partial charge in [-0.3, -0.25) is 0 Å². The van der Waals surface area contributed by atoms with Gasteiger partial charge in [0.25, 0.3) is 0 Å². The monoisotopic (exact) mass is 375 g/mol. The maximum Gasteiger partial charge on any atom is 0.247 e. The van der Waals surface area contributed by atoms with Crippen molar-refractivity contribution in [1.29, 1.82) is 0 Å². The molecule has 0 radical (unpaired) electrons. The quantitative estimate of drug-likeness (QED) is 0.877. The lowest BCUT2D eigenvalue weighted by molar-refractivity contribution is 0.218. The van der Waals surface area contributed by atoms with E-state index < -0.39 is 10.0 Å². The number of halogens is 1. The van der Waals surface area contributed by atoms with Crippen molar-refractivity contribution in [2.24, 2.45) is 5.92 Å². The molecular weight excluding hydrogens is 354 g/mol. The van der Waals surface area contributed by atoms with Crippen molar-refractivity contribution < 1.29 is 8.42 Å². The third-order valence-corrected chi connectivity index (χ3v) is 6.24. The largest absolute Gasteiger partial charge is 0.369 e. The van der Waals surface area contributed by atoms with Gasteiger partial charge in [-0.25, -0.2) is 13.4 Å². The minimum atomic E-state index is -3.54. The first kappa shape index (κ1) is 16.7. The van der Waals surface area contributed by atoms with E-state index in [1.54, 1.807) is 16.6 Å². The topological polar surface area (TPSA) is 62.3 Å². The third kappa shape index (κ3) is 3.57. The molecule has 1 aliphatic rings. The van der Waals surface area contributed by atoms with Crippen LogP contribution in [0.15, 0.2) is 21.6 Å². The summed E-state index contributed by atoms with van der Waals surface area (Å²) in [6.07, 6.45) is 3.58. The molecule has 1 saturated heterocycles. The van der Waals surface area contributed by atoms with E-state index in [2.05, 4.69) is 33.2 Å². The second kappa shape index (κ2) is 6.62. The van der Waals surface area contributed by atoms with Crippen LogP contribution < -0.4 is 5.32 Å². The predicted molar refractivity (Wildman–Crippen MR) is 87.9 cm³/mol. The number of nitrogens with one attached hydrogen (secondary N) is 1. The van der Waals surface area contributed by atoms with Crippen molar-refractivity contribution >= 4 is 31.8 Å². The van der Waals surface area contributed by atoms with Crippen molar-refractivity contribution in [2.45, 2.75) is 44.6 Å². The number of aromatic nitrogens is 1. The van der Waals surface area contributed by atoms with E-state index in [0.29, 0.717) is 29.3 Å². The number of rotatable bonds is 4. The fraction of sp³-hybridized carbons (Fsp3) is 0.643. The number of nitrogens with zero attached hydrogens (tertiary/aromatic N) is 2. The first-order valence-electron chi connectivity index (χ1n) is 7.27. The molecule has 0 spiro atoms. The van der Waals surface area contributed by atoms with Crippen molar-refractivity contribution in [3.63, 3.8) is 0 Å². The van der Waals surface area contributed by atoms with E-state index in [1.165, 1.54) is 0 Å². The van der Waals surface area contributed by atoms with Crippen LogP contribution in [0.4, 0.5) is 5.82 Å². The molecule has 1 aliphatic heterocycles. The molecule has 2 heterocycles. The van der Waals surface area contributed by atoms with Crippen LogP contribution in [-0.4, -0.2) is 36.8 Å². The summed E-state index contributed by atoms with van der Waals surface area (Å²) in [6.45, 7) is 7.19. The second-order valence-electron chi connectivity index (χ2n) is 5.64. The van der Waals surface area contributed by atoms with Gasteiger partial charge in [-0.15, -0.1) is 0 Å². The molecule has 5 nitrogen and oxygen atoms in total. The number of anilines is 1. The molecular formula is C14H22BrN3O2S. The SMILES string of the molecule is CCNc1ncc(Br)cc1S(=O)(=O)N1CC(C)CCC1C. The molecule has 7 heteroatoms. The Morgan fingerprint density at radius 3 is 2.81 bits per heavy atom. The molecule has 0 aromatic carbocycles. The molecule has 0 amide bonds. The molecule has 2 atom stereocenters. The van der Waals surface area contributed by atoms with Crippen LogP contribution in [0.3, 0.4) is 0 Å². The van der Waals surface area contributed by atoms with Gasteiger partial charge in [0.1, 0.15) is 10.7 Å². The highest BCUT2D eigenvalue weighted by molar-refractivity contribution is 9.10. The Morgan fingerprint density at radius 2 is 2.14 bits per heavy atom. The maximum absolute atomic E-state index is 13.0. The number of hydrogen-bond acceptors (Lipinski definition) is 4. The van der Waals surface area contributed by atoms with Crippen LogP contribution in [0.25, 0.3) is 0 Å². The van der Waals surface area contributed by atoms with Gasteiger partial charge in [0.2, 0.25) is 10.0 Å². The minimum absolute atomic E-state index is 0.0275. The summed E-state index contributed by atoms with van der Waals surface area (Å²) >= 11 is 3.32. The Hall–Kier alpha value is -0.660. The maximum atomic E-state index is 13.0. The lowest BCUT2D eigenvalue weighted by Crippen LogP contribution is -2.45. The highest BCUT2D eigenvalue weighted by atomic mass is 79.9. The van der Waals surface area contributed by atoms with Crippen LogP contribution in [0.1, 0.15) is 33.6 Å². The van der Waals surface area contributed by atoms with E-state index in [4.69, 9.17) is 0 Å². The molecule has 0 aliphatic carbocycles. The average molecular weight is 376 g/mol. The molecule has 1 aromatic heterocycles. The van der Waals surface area contributed by atoms with E-state index >= 15 is 0 Å². The molecule has 118 valence electrons. The summed E-state index contributed by atoms with van der Waals surface area (Å²) in [6, 6.07) is 1.66. The summed E-state index contributed by atoms with van der Waals surface area (Å²) in [5.74, 6) is 0.810. The Balaban J connectivity index is 2.45. The molecule has 1 N–H and O–H groups in total. The van der Waals surface area contributed by atoms with Gasteiger partial charge in [0, 0.05) is 29.8 Å². The van der Waals surface area contributed by atoms with Crippen LogP contribution in [0.2, 0.25) is 0 Å². The lowest BCUT2D eigenvalue weighted by atomic mass is 9.97. The standard InChI is InChI=1S/C14H22BrN3O2S/c1-4-16-14-13(7-12(15)8-17-14)21(19,20)18-9-10(2)5-6-11(18)3/h7-8,10-11H,4-6,9H2,1-3H3,(H,16,17). The van der Waals surface area contributed by atoms with Gasteiger partial charge in [0.15, 0.2) is 0 Å². The summed E-state index contributed by atoms with van der Waals surface area (Å²) in [7, 11) is -3.54. The van der Waals surface area contributed by atoms with E-state index in [0.717, 1.165) is 12.8 Å². The van der Waals surface area contributed by atoms with Gasteiger partial charge >= 0.3 is 0 Å². The fourth-order valence-corrected chi connectivity index (χ4v) is 5.04. The van der Waals surface area contributed by atoms with Gasteiger partial charge in [0.05, 0.1) is 0 Å². The van der Waals surface area contributed by atoms with E-state index in [1.807, 2.05) is 13.8 Å². The zero-order chi connectivity index (χ0) is 15.6. The molecule has 21 heavy (non-hydrogen) atoms. The summed E-state index contributed by atoms with van der Waals surface area (Å²) < 4.78 is 28.3. The molecule has 2 rings (SSSR count). The summed E-state index contributed by atoms with van der Waals surface area (Å²) in [5, 5.41) is 3.04. The second-order valence-corrected chi connectivity index (χ2v) is 8.41. The molecule has 0 bridgehead atoms. The van der Waals surface area contributed by atoms with E-state index in [9.17, 15) is 8.42 Å². The lowest BCUT2D eigenvalue weighted by Gasteiger charge is -2.35. The Kier molecular flexibility index (Phi) is 5.27. The smallest absolute Gasteiger partial charge is 0.247 e. The van der Waals surface area contributed by atoms with Crippen molar-refractivity contribution in [3.05, 3.63) is 16.7 Å². The first-order valence-corrected chi connectivity index (χ1v) is 9.50. The van der Waals surface area contributed by atoms with Gasteiger partial charge in [-0.1, -0.05) is 6.92 Å². The summed E-state index contributed by atoms with van der Waals surface area (Å²) in [4.78, 5) is 4.46. The molecule has 1 aromatic rings. The van der Waals surface area contributed by atoms with Gasteiger partial charge < -0.3 is 5.32 Å². The number of sulfonamides is 1. The van der Waals surface area contributed by atoms with E-state index in [-0.39, 0.29) is 10.9 Å². The third-order valence-electron chi connectivity index (χ3n) is 3.81. The zero-order valence-electron chi connectivity index (χ0n) is 12.6. The van der Waals surface area contributed by atoms with Gasteiger partial charge in [-0.2, -0.15) is 4.31 Å². The average Bonchev–Trinajstić information content (AvgIpc) is 2.43. The van der Waals surface area contributed by atoms with Crippen LogP contribution in [0.5, 0.6) is 0 Å². The molecule has 0 saturated carbocycles. The first-order chi connectivity index (χ1) is 9.86. The van der Waals surface area contributed by atoms with Crippen LogP contribution in [-0.2, 0) is 10.0 Å². The Bertz CT molecular complexity index is 606. The van der Waals surface area contributed by atoms with Crippen molar-refractivity contribution in [3.8, 4) is 0 Å². The van der Waals surface area contributed by atoms with Crippen molar-refractivity contribution in [2.75, 3.05) is 18.4 Å². The molecule has 1 fully saturated rings. The minimum Gasteiger partial charge on any atom is -0.369 e. The Labute approximate surface area is 135 Å². The van der Waals surface area contributed by atoms with Crippen LogP contribution in [0, 0.1) is 5.92 Å².